The monoisotopic (exact) mass is 467 g/mol. The fraction of sp³-hybridized carbons (Fsp3) is 0.227. The third-order valence-electron chi connectivity index (χ3n) is 4.73. The first-order chi connectivity index (χ1) is 16.1. The Bertz CT molecular complexity index is 1200. The average Bonchev–Trinajstić information content (AvgIpc) is 3.33. The number of ether oxygens (including phenoxy) is 3. The van der Waals surface area contributed by atoms with Gasteiger partial charge < -0.3 is 19.5 Å². The fourth-order valence-electron chi connectivity index (χ4n) is 3.20. The van der Waals surface area contributed by atoms with Crippen molar-refractivity contribution >= 4 is 23.2 Å². The van der Waals surface area contributed by atoms with Crippen LogP contribution >= 0.6 is 11.6 Å². The molecule has 2 aromatic heterocycles. The third kappa shape index (κ3) is 5.29. The zero-order valence-corrected chi connectivity index (χ0v) is 19.0. The number of rotatable bonds is 9. The average molecular weight is 468 g/mol. The molecule has 0 radical (unpaired) electrons. The molecule has 0 aliphatic rings. The lowest BCUT2D eigenvalue weighted by molar-refractivity contribution is 0.193. The van der Waals surface area contributed by atoms with E-state index in [-0.39, 0.29) is 6.10 Å². The molecule has 170 valence electrons. The van der Waals surface area contributed by atoms with Crippen LogP contribution in [0.25, 0.3) is 11.1 Å². The fourth-order valence-corrected chi connectivity index (χ4v) is 3.36. The number of nitrogens with one attached hydrogen (secondary N) is 1. The summed E-state index contributed by atoms with van der Waals surface area (Å²) in [4.78, 5) is 8.85. The first-order valence-electron chi connectivity index (χ1n) is 10.0. The van der Waals surface area contributed by atoms with Crippen LogP contribution in [0, 0.1) is 0 Å². The Morgan fingerprint density at radius 3 is 2.55 bits per heavy atom. The molecular weight excluding hydrogens is 446 g/mol. The first-order valence-corrected chi connectivity index (χ1v) is 10.4. The maximum Gasteiger partial charge on any atom is 0.227 e. The Balaban J connectivity index is 1.49. The lowest BCUT2D eigenvalue weighted by Crippen LogP contribution is -2.20. The molecule has 0 saturated heterocycles. The van der Waals surface area contributed by atoms with Gasteiger partial charge in [0.25, 0.3) is 0 Å². The highest BCUT2D eigenvalue weighted by Gasteiger charge is 2.13. The van der Waals surface area contributed by atoms with Crippen LogP contribution in [0.1, 0.15) is 6.92 Å². The second-order valence-electron chi connectivity index (χ2n) is 7.07. The minimum Gasteiger partial charge on any atom is -0.493 e. The topological polar surface area (TPSA) is 109 Å². The quantitative estimate of drug-likeness (QED) is 0.390. The summed E-state index contributed by atoms with van der Waals surface area (Å²) >= 11 is 6.34. The summed E-state index contributed by atoms with van der Waals surface area (Å²) < 4.78 is 18.4. The molecule has 33 heavy (non-hydrogen) atoms. The second-order valence-corrected chi connectivity index (χ2v) is 7.47. The van der Waals surface area contributed by atoms with Crippen LogP contribution < -0.4 is 19.5 Å². The van der Waals surface area contributed by atoms with Gasteiger partial charge in [0, 0.05) is 18.0 Å². The highest BCUT2D eigenvalue weighted by molar-refractivity contribution is 6.32. The molecule has 1 N–H and O–H groups in total. The summed E-state index contributed by atoms with van der Waals surface area (Å²) in [5, 5.41) is 14.8. The predicted molar refractivity (Wildman–Crippen MR) is 123 cm³/mol. The SMILES string of the molecule is COc1cccc(Nc2ncc(-c3ccc(Cl)c(O[C@@H](C)Cn4cnnn4)c3)cn2)c1OC. The molecule has 4 aromatic rings. The van der Waals surface area contributed by atoms with E-state index in [4.69, 9.17) is 25.8 Å². The van der Waals surface area contributed by atoms with E-state index >= 15 is 0 Å². The van der Waals surface area contributed by atoms with Crippen molar-refractivity contribution in [2.24, 2.45) is 0 Å². The Kier molecular flexibility index (Phi) is 6.84. The Morgan fingerprint density at radius 2 is 1.85 bits per heavy atom. The van der Waals surface area contributed by atoms with Gasteiger partial charge in [-0.15, -0.1) is 5.10 Å². The number of aromatic nitrogens is 6. The van der Waals surface area contributed by atoms with Gasteiger partial charge in [0.2, 0.25) is 5.95 Å². The summed E-state index contributed by atoms with van der Waals surface area (Å²) in [5.41, 5.74) is 2.38. The van der Waals surface area contributed by atoms with Crippen molar-refractivity contribution in [3.63, 3.8) is 0 Å². The molecule has 10 nitrogen and oxygen atoms in total. The summed E-state index contributed by atoms with van der Waals surface area (Å²) in [7, 11) is 3.17. The summed E-state index contributed by atoms with van der Waals surface area (Å²) in [6, 6.07) is 11.1. The Labute approximate surface area is 195 Å². The molecule has 11 heteroatoms. The van der Waals surface area contributed by atoms with Gasteiger partial charge in [0.05, 0.1) is 31.5 Å². The van der Waals surface area contributed by atoms with Gasteiger partial charge in [0.1, 0.15) is 18.2 Å². The molecule has 0 unspecified atom stereocenters. The van der Waals surface area contributed by atoms with E-state index in [1.54, 1.807) is 37.4 Å². The van der Waals surface area contributed by atoms with Crippen molar-refractivity contribution in [1.82, 2.24) is 30.2 Å². The Hall–Kier alpha value is -3.92. The normalized spacial score (nSPS) is 11.6. The van der Waals surface area contributed by atoms with Crippen molar-refractivity contribution in [3.8, 4) is 28.4 Å². The van der Waals surface area contributed by atoms with Crippen LogP contribution in [-0.4, -0.2) is 50.5 Å². The number of methoxy groups -OCH3 is 2. The van der Waals surface area contributed by atoms with Gasteiger partial charge in [-0.25, -0.2) is 14.6 Å². The highest BCUT2D eigenvalue weighted by Crippen LogP contribution is 2.36. The number of nitrogens with zero attached hydrogens (tertiary/aromatic N) is 6. The number of halogens is 1. The van der Waals surface area contributed by atoms with Crippen LogP contribution in [0.5, 0.6) is 17.2 Å². The van der Waals surface area contributed by atoms with Crippen LogP contribution in [0.15, 0.2) is 55.1 Å². The molecule has 0 bridgehead atoms. The second kappa shape index (κ2) is 10.1. The number of anilines is 2. The van der Waals surface area contributed by atoms with E-state index < -0.39 is 0 Å². The van der Waals surface area contributed by atoms with E-state index in [0.29, 0.717) is 40.5 Å². The molecule has 0 aliphatic heterocycles. The molecule has 0 aliphatic carbocycles. The van der Waals surface area contributed by atoms with E-state index in [1.807, 2.05) is 37.3 Å². The molecule has 4 rings (SSSR count). The number of tetrazole rings is 1. The lowest BCUT2D eigenvalue weighted by Gasteiger charge is -2.16. The first kappa shape index (κ1) is 22.3. The Morgan fingerprint density at radius 1 is 1.03 bits per heavy atom. The standard InChI is InChI=1S/C22H22ClN7O3/c1-14(12-30-13-26-28-29-30)33-20-9-15(7-8-17(20)23)16-10-24-22(25-11-16)27-18-5-4-6-19(31-2)21(18)32-3/h4-11,13-14H,12H2,1-3H3,(H,24,25,27)/t14-/m0/s1. The van der Waals surface area contributed by atoms with Crippen molar-refractivity contribution in [3.05, 3.63) is 60.1 Å². The maximum atomic E-state index is 6.34. The third-order valence-corrected chi connectivity index (χ3v) is 5.04. The molecule has 2 heterocycles. The summed E-state index contributed by atoms with van der Waals surface area (Å²) in [5.74, 6) is 2.16. The zero-order chi connectivity index (χ0) is 23.2. The molecule has 2 aromatic carbocycles. The summed E-state index contributed by atoms with van der Waals surface area (Å²) in [6.07, 6.45) is 4.78. The van der Waals surface area contributed by atoms with Crippen LogP contribution in [-0.2, 0) is 6.54 Å². The molecule has 0 fully saturated rings. The van der Waals surface area contributed by atoms with Gasteiger partial charge >= 0.3 is 0 Å². The van der Waals surface area contributed by atoms with Gasteiger partial charge in [-0.2, -0.15) is 0 Å². The van der Waals surface area contributed by atoms with Gasteiger partial charge in [-0.1, -0.05) is 23.7 Å². The van der Waals surface area contributed by atoms with Gasteiger partial charge in [0.15, 0.2) is 11.5 Å². The minimum atomic E-state index is -0.193. The molecular formula is C22H22ClN7O3. The molecule has 0 saturated carbocycles. The van der Waals surface area contributed by atoms with Crippen LogP contribution in [0.2, 0.25) is 5.02 Å². The van der Waals surface area contributed by atoms with E-state index in [9.17, 15) is 0 Å². The molecule has 0 amide bonds. The smallest absolute Gasteiger partial charge is 0.227 e. The van der Waals surface area contributed by atoms with Crippen LogP contribution in [0.4, 0.5) is 11.6 Å². The largest absolute Gasteiger partial charge is 0.493 e. The highest BCUT2D eigenvalue weighted by atomic mass is 35.5. The lowest BCUT2D eigenvalue weighted by atomic mass is 10.1. The van der Waals surface area contributed by atoms with E-state index in [2.05, 4.69) is 30.8 Å². The van der Waals surface area contributed by atoms with Gasteiger partial charge in [-0.05, 0) is 47.2 Å². The molecule has 1 atom stereocenters. The van der Waals surface area contributed by atoms with Crippen molar-refractivity contribution < 1.29 is 14.2 Å². The molecule has 0 spiro atoms. The number of hydrogen-bond acceptors (Lipinski definition) is 9. The van der Waals surface area contributed by atoms with Crippen LogP contribution in [0.3, 0.4) is 0 Å². The maximum absolute atomic E-state index is 6.34. The van der Waals surface area contributed by atoms with E-state index in [0.717, 1.165) is 11.1 Å². The summed E-state index contributed by atoms with van der Waals surface area (Å²) in [6.45, 7) is 2.41. The van der Waals surface area contributed by atoms with E-state index in [1.165, 1.54) is 6.33 Å². The van der Waals surface area contributed by atoms with Crippen molar-refractivity contribution in [2.75, 3.05) is 19.5 Å². The minimum absolute atomic E-state index is 0.193. The van der Waals surface area contributed by atoms with Crippen molar-refractivity contribution in [2.45, 2.75) is 19.6 Å². The number of hydrogen-bond donors (Lipinski definition) is 1. The van der Waals surface area contributed by atoms with Crippen molar-refractivity contribution in [1.29, 1.82) is 0 Å². The predicted octanol–water partition coefficient (Wildman–Crippen LogP) is 4.01. The number of benzene rings is 2. The van der Waals surface area contributed by atoms with Gasteiger partial charge in [-0.3, -0.25) is 0 Å². The zero-order valence-electron chi connectivity index (χ0n) is 18.3. The number of para-hydroxylation sites is 1.